The van der Waals surface area contributed by atoms with E-state index in [1.54, 1.807) is 0 Å². The van der Waals surface area contributed by atoms with Crippen molar-refractivity contribution in [3.8, 4) is 12.3 Å². The summed E-state index contributed by atoms with van der Waals surface area (Å²) in [6.07, 6.45) is 9.89. The van der Waals surface area contributed by atoms with Crippen molar-refractivity contribution < 1.29 is 0 Å². The van der Waals surface area contributed by atoms with Crippen LogP contribution in [0.5, 0.6) is 0 Å². The predicted octanol–water partition coefficient (Wildman–Crippen LogP) is 3.16. The second kappa shape index (κ2) is 9.09. The molecule has 0 atom stereocenters. The van der Waals surface area contributed by atoms with Gasteiger partial charge in [0.1, 0.15) is 0 Å². The Morgan fingerprint density at radius 1 is 1.21 bits per heavy atom. The van der Waals surface area contributed by atoms with Gasteiger partial charge in [0.2, 0.25) is 0 Å². The van der Waals surface area contributed by atoms with E-state index < -0.39 is 0 Å². The van der Waals surface area contributed by atoms with Crippen LogP contribution in [0.2, 0.25) is 0 Å². The number of nitrogens with zero attached hydrogens (tertiary/aromatic N) is 1. The highest BCUT2D eigenvalue weighted by atomic mass is 15.1. The molecule has 1 heteroatoms. The third-order valence-electron chi connectivity index (χ3n) is 2.91. The summed E-state index contributed by atoms with van der Waals surface area (Å²) in [6, 6.07) is 0. The second-order valence-electron chi connectivity index (χ2n) is 3.88. The minimum absolute atomic E-state index is 0.862. The monoisotopic (exact) mass is 195 g/mol. The van der Waals surface area contributed by atoms with Gasteiger partial charge in [-0.25, -0.2) is 0 Å². The van der Waals surface area contributed by atoms with Gasteiger partial charge in [0.15, 0.2) is 0 Å². The van der Waals surface area contributed by atoms with Crippen molar-refractivity contribution in [2.75, 3.05) is 19.6 Å². The molecule has 0 radical (unpaired) electrons. The zero-order chi connectivity index (χ0) is 10.8. The lowest BCUT2D eigenvalue weighted by molar-refractivity contribution is 0.232. The Bertz CT molecular complexity index is 153. The number of hydrogen-bond donors (Lipinski definition) is 0. The van der Waals surface area contributed by atoms with Gasteiger partial charge in [-0.2, -0.15) is 0 Å². The molecule has 0 N–H and O–H groups in total. The van der Waals surface area contributed by atoms with E-state index >= 15 is 0 Å². The molecule has 0 aromatic carbocycles. The first kappa shape index (κ1) is 13.5. The highest BCUT2D eigenvalue weighted by Gasteiger charge is 2.08. The van der Waals surface area contributed by atoms with Gasteiger partial charge in [0.25, 0.3) is 0 Å². The number of terminal acetylenes is 1. The van der Waals surface area contributed by atoms with Crippen LogP contribution in [0.4, 0.5) is 0 Å². The highest BCUT2D eigenvalue weighted by molar-refractivity contribution is 4.83. The molecule has 82 valence electrons. The molecule has 0 aliphatic heterocycles. The molecule has 0 aromatic heterocycles. The van der Waals surface area contributed by atoms with Crippen LogP contribution < -0.4 is 0 Å². The van der Waals surface area contributed by atoms with Gasteiger partial charge < -0.3 is 4.90 Å². The Morgan fingerprint density at radius 2 is 1.86 bits per heavy atom. The summed E-state index contributed by atoms with van der Waals surface area (Å²) in [5.74, 6) is 3.56. The fraction of sp³-hybridized carbons (Fsp3) is 0.846. The normalized spacial score (nSPS) is 10.9. The maximum Gasteiger partial charge on any atom is 0.00982 e. The minimum atomic E-state index is 0.862. The molecule has 0 aliphatic rings. The van der Waals surface area contributed by atoms with E-state index in [1.807, 2.05) is 0 Å². The molecule has 0 fully saturated rings. The van der Waals surface area contributed by atoms with Crippen LogP contribution >= 0.6 is 0 Å². The van der Waals surface area contributed by atoms with Crippen LogP contribution in [-0.4, -0.2) is 24.5 Å². The van der Waals surface area contributed by atoms with E-state index in [2.05, 4.69) is 31.6 Å². The maximum absolute atomic E-state index is 5.24. The van der Waals surface area contributed by atoms with Crippen LogP contribution in [-0.2, 0) is 0 Å². The van der Waals surface area contributed by atoms with Crippen LogP contribution in [0.1, 0.15) is 46.5 Å². The molecule has 0 bridgehead atoms. The van der Waals surface area contributed by atoms with Gasteiger partial charge >= 0.3 is 0 Å². The fourth-order valence-electron chi connectivity index (χ4n) is 1.70. The largest absolute Gasteiger partial charge is 0.303 e. The van der Waals surface area contributed by atoms with Gasteiger partial charge in [-0.3, -0.25) is 0 Å². The first-order valence-electron chi connectivity index (χ1n) is 5.94. The lowest BCUT2D eigenvalue weighted by atomic mass is 10.0. The van der Waals surface area contributed by atoms with Crippen molar-refractivity contribution in [3.63, 3.8) is 0 Å². The summed E-state index contributed by atoms with van der Waals surface area (Å²) >= 11 is 0. The lowest BCUT2D eigenvalue weighted by Crippen LogP contribution is -2.30. The molecule has 1 nitrogen and oxygen atoms in total. The van der Waals surface area contributed by atoms with Crippen LogP contribution in [0, 0.1) is 18.3 Å². The number of hydrogen-bond acceptors (Lipinski definition) is 1. The Morgan fingerprint density at radius 3 is 2.29 bits per heavy atom. The molecule has 0 saturated carbocycles. The van der Waals surface area contributed by atoms with E-state index in [-0.39, 0.29) is 0 Å². The Kier molecular flexibility index (Phi) is 8.78. The number of rotatable bonds is 8. The predicted molar refractivity (Wildman–Crippen MR) is 64.3 cm³/mol. The summed E-state index contributed by atoms with van der Waals surface area (Å²) in [4.78, 5) is 2.52. The van der Waals surface area contributed by atoms with Crippen molar-refractivity contribution in [1.29, 1.82) is 0 Å². The third-order valence-corrected chi connectivity index (χ3v) is 2.91. The zero-order valence-electron chi connectivity index (χ0n) is 10.1. The molecular weight excluding hydrogens is 170 g/mol. The van der Waals surface area contributed by atoms with Crippen molar-refractivity contribution in [3.05, 3.63) is 0 Å². The lowest BCUT2D eigenvalue weighted by Gasteiger charge is -2.24. The average molecular weight is 195 g/mol. The van der Waals surface area contributed by atoms with Crippen molar-refractivity contribution in [1.82, 2.24) is 4.90 Å². The second-order valence-corrected chi connectivity index (χ2v) is 3.88. The standard InChI is InChI=1S/C13H25N/c1-5-9-10-11-14(8-4)12-13(6-2)7-3/h1,13H,6-12H2,2-4H3. The molecule has 0 aromatic rings. The quantitative estimate of drug-likeness (QED) is 0.425. The molecular formula is C13H25N. The van der Waals surface area contributed by atoms with Gasteiger partial charge in [-0.1, -0.05) is 33.6 Å². The molecule has 0 amide bonds. The van der Waals surface area contributed by atoms with Gasteiger partial charge in [0.05, 0.1) is 0 Å². The topological polar surface area (TPSA) is 3.24 Å². The molecule has 14 heavy (non-hydrogen) atoms. The summed E-state index contributed by atoms with van der Waals surface area (Å²) in [5, 5.41) is 0. The Labute approximate surface area is 89.9 Å². The number of unbranched alkanes of at least 4 members (excludes halogenated alkanes) is 1. The Hall–Kier alpha value is -0.480. The molecule has 0 saturated heterocycles. The summed E-state index contributed by atoms with van der Waals surface area (Å²) in [5.41, 5.74) is 0. The van der Waals surface area contributed by atoms with Crippen molar-refractivity contribution in [2.24, 2.45) is 5.92 Å². The molecule has 0 rings (SSSR count). The molecule has 0 heterocycles. The SMILES string of the molecule is C#CCCCN(CC)CC(CC)CC. The summed E-state index contributed by atoms with van der Waals surface area (Å²) in [6.45, 7) is 10.4. The zero-order valence-corrected chi connectivity index (χ0v) is 10.1. The minimum Gasteiger partial charge on any atom is -0.303 e. The summed E-state index contributed by atoms with van der Waals surface area (Å²) in [7, 11) is 0. The van der Waals surface area contributed by atoms with E-state index in [9.17, 15) is 0 Å². The first-order chi connectivity index (χ1) is 6.78. The van der Waals surface area contributed by atoms with Gasteiger partial charge in [-0.15, -0.1) is 12.3 Å². The third kappa shape index (κ3) is 6.05. The van der Waals surface area contributed by atoms with E-state index in [1.165, 1.54) is 19.4 Å². The maximum atomic E-state index is 5.24. The summed E-state index contributed by atoms with van der Waals surface area (Å²) < 4.78 is 0. The van der Waals surface area contributed by atoms with E-state index in [0.29, 0.717) is 0 Å². The Balaban J connectivity index is 3.72. The van der Waals surface area contributed by atoms with Crippen LogP contribution in [0.3, 0.4) is 0 Å². The highest BCUT2D eigenvalue weighted by Crippen LogP contribution is 2.10. The van der Waals surface area contributed by atoms with Crippen molar-refractivity contribution >= 4 is 0 Å². The van der Waals surface area contributed by atoms with Crippen molar-refractivity contribution in [2.45, 2.75) is 46.5 Å². The van der Waals surface area contributed by atoms with Gasteiger partial charge in [-0.05, 0) is 25.4 Å². The fourth-order valence-corrected chi connectivity index (χ4v) is 1.70. The first-order valence-corrected chi connectivity index (χ1v) is 5.94. The molecule has 0 aliphatic carbocycles. The average Bonchev–Trinajstić information content (AvgIpc) is 2.23. The molecule has 0 spiro atoms. The smallest absolute Gasteiger partial charge is 0.00982 e. The van der Waals surface area contributed by atoms with Crippen LogP contribution in [0.25, 0.3) is 0 Å². The molecule has 0 unspecified atom stereocenters. The van der Waals surface area contributed by atoms with Gasteiger partial charge in [0, 0.05) is 13.0 Å². The van der Waals surface area contributed by atoms with Crippen LogP contribution in [0.15, 0.2) is 0 Å². The van der Waals surface area contributed by atoms with E-state index in [4.69, 9.17) is 6.42 Å². The van der Waals surface area contributed by atoms with E-state index in [0.717, 1.165) is 31.8 Å².